The summed E-state index contributed by atoms with van der Waals surface area (Å²) in [5, 5.41) is 4.43. The summed E-state index contributed by atoms with van der Waals surface area (Å²) in [4.78, 5) is 6.73. The van der Waals surface area contributed by atoms with Crippen LogP contribution in [-0.4, -0.2) is 44.0 Å². The predicted molar refractivity (Wildman–Crippen MR) is 79.8 cm³/mol. The monoisotopic (exact) mass is 289 g/mol. The van der Waals surface area contributed by atoms with Gasteiger partial charge in [-0.2, -0.15) is 5.10 Å². The average Bonchev–Trinajstić information content (AvgIpc) is 3.03. The third-order valence-electron chi connectivity index (χ3n) is 3.99. The topological polar surface area (TPSA) is 48.1 Å². The lowest BCUT2D eigenvalue weighted by Gasteiger charge is -2.34. The minimum atomic E-state index is 0.338. The van der Waals surface area contributed by atoms with Gasteiger partial charge in [0.1, 0.15) is 0 Å². The lowest BCUT2D eigenvalue weighted by molar-refractivity contribution is 0.0737. The highest BCUT2D eigenvalue weighted by atomic mass is 16.5. The van der Waals surface area contributed by atoms with Gasteiger partial charge in [-0.25, -0.2) is 4.98 Å². The fourth-order valence-corrected chi connectivity index (χ4v) is 3.01. The second-order valence-corrected chi connectivity index (χ2v) is 5.68. The van der Waals surface area contributed by atoms with Crippen molar-refractivity contribution in [2.75, 3.05) is 19.8 Å². The van der Waals surface area contributed by atoms with E-state index in [0.29, 0.717) is 6.04 Å². The molecule has 0 saturated carbocycles. The van der Waals surface area contributed by atoms with Gasteiger partial charge in [0.05, 0.1) is 36.1 Å². The fourth-order valence-electron chi connectivity index (χ4n) is 3.01. The number of rotatable bonds is 5. The van der Waals surface area contributed by atoms with Crippen molar-refractivity contribution in [3.63, 3.8) is 0 Å². The molecule has 0 saturated heterocycles. The van der Waals surface area contributed by atoms with Crippen LogP contribution in [0.4, 0.5) is 0 Å². The predicted octanol–water partition coefficient (Wildman–Crippen LogP) is 1.52. The van der Waals surface area contributed by atoms with Gasteiger partial charge in [-0.05, 0) is 19.9 Å². The maximum absolute atomic E-state index is 5.63. The Morgan fingerprint density at radius 1 is 1.43 bits per heavy atom. The van der Waals surface area contributed by atoms with Gasteiger partial charge in [-0.1, -0.05) is 0 Å². The van der Waals surface area contributed by atoms with Crippen LogP contribution in [0.3, 0.4) is 0 Å². The van der Waals surface area contributed by atoms with E-state index in [1.165, 1.54) is 11.4 Å². The first kappa shape index (κ1) is 14.3. The molecule has 0 aliphatic carbocycles. The molecule has 1 aliphatic rings. The molecule has 2 aromatic heterocycles. The molecule has 0 radical (unpaired) electrons. The Kier molecular flexibility index (Phi) is 4.07. The summed E-state index contributed by atoms with van der Waals surface area (Å²) in [7, 11) is 2.01. The van der Waals surface area contributed by atoms with E-state index in [1.54, 1.807) is 0 Å². The van der Waals surface area contributed by atoms with E-state index >= 15 is 0 Å². The van der Waals surface area contributed by atoms with Gasteiger partial charge >= 0.3 is 0 Å². The van der Waals surface area contributed by atoms with Crippen LogP contribution in [-0.2, 0) is 24.9 Å². The molecule has 0 amide bonds. The number of hydrogen-bond acceptors (Lipinski definition) is 4. The highest BCUT2D eigenvalue weighted by molar-refractivity contribution is 5.10. The number of nitrogens with zero attached hydrogens (tertiary/aromatic N) is 5. The minimum Gasteiger partial charge on any atom is -0.380 e. The van der Waals surface area contributed by atoms with Crippen LogP contribution in [0.15, 0.2) is 18.6 Å². The van der Waals surface area contributed by atoms with Crippen molar-refractivity contribution < 1.29 is 4.74 Å². The molecule has 0 N–H and O–H groups in total. The third-order valence-corrected chi connectivity index (χ3v) is 3.99. The number of ether oxygens (including phenoxy) is 1. The van der Waals surface area contributed by atoms with Gasteiger partial charge in [0.15, 0.2) is 0 Å². The van der Waals surface area contributed by atoms with Crippen molar-refractivity contribution in [3.05, 3.63) is 35.7 Å². The quantitative estimate of drug-likeness (QED) is 0.837. The molecule has 1 unspecified atom stereocenters. The van der Waals surface area contributed by atoms with Crippen molar-refractivity contribution in [2.24, 2.45) is 7.05 Å². The van der Waals surface area contributed by atoms with Gasteiger partial charge in [-0.15, -0.1) is 0 Å². The minimum absolute atomic E-state index is 0.338. The first-order valence-electron chi connectivity index (χ1n) is 7.47. The highest BCUT2D eigenvalue weighted by Gasteiger charge is 2.25. The number of hydrogen-bond donors (Lipinski definition) is 0. The van der Waals surface area contributed by atoms with E-state index in [1.807, 2.05) is 38.1 Å². The number of imidazole rings is 1. The normalized spacial score (nSPS) is 18.9. The molecule has 3 heterocycles. The lowest BCUT2D eigenvalue weighted by Crippen LogP contribution is -2.38. The van der Waals surface area contributed by atoms with Crippen LogP contribution < -0.4 is 0 Å². The third kappa shape index (κ3) is 3.01. The summed E-state index contributed by atoms with van der Waals surface area (Å²) in [6.07, 6.45) is 3.88. The molecule has 0 spiro atoms. The van der Waals surface area contributed by atoms with E-state index < -0.39 is 0 Å². The van der Waals surface area contributed by atoms with E-state index in [4.69, 9.17) is 4.74 Å². The average molecular weight is 289 g/mol. The fraction of sp³-hybridized carbons (Fsp3) is 0.600. The smallest absolute Gasteiger partial charge is 0.0952 e. The largest absolute Gasteiger partial charge is 0.380 e. The Balaban J connectivity index is 1.74. The standard InChI is InChI=1S/C15H23N5O/c1-4-21-10-15-9-19(8-14-6-16-11-20(14)15)7-13-5-12(2)17-18(13)3/h5-6,11,15H,4,7-10H2,1-3H3. The van der Waals surface area contributed by atoms with Crippen LogP contribution in [0.25, 0.3) is 0 Å². The molecular formula is C15H23N5O. The Bertz CT molecular complexity index is 603. The first-order chi connectivity index (χ1) is 10.2. The summed E-state index contributed by atoms with van der Waals surface area (Å²) >= 11 is 0. The second kappa shape index (κ2) is 5.99. The van der Waals surface area contributed by atoms with Gasteiger partial charge in [0.25, 0.3) is 0 Å². The molecule has 0 bridgehead atoms. The molecule has 114 valence electrons. The van der Waals surface area contributed by atoms with Crippen LogP contribution in [0, 0.1) is 6.92 Å². The molecule has 1 aliphatic heterocycles. The SMILES string of the molecule is CCOCC1CN(Cc2cc(C)nn2C)Cc2cncn21. The summed E-state index contributed by atoms with van der Waals surface area (Å²) in [5.74, 6) is 0. The second-order valence-electron chi connectivity index (χ2n) is 5.68. The van der Waals surface area contributed by atoms with Crippen molar-refractivity contribution in [1.82, 2.24) is 24.2 Å². The Labute approximate surface area is 125 Å². The van der Waals surface area contributed by atoms with E-state index in [0.717, 1.165) is 38.5 Å². The zero-order valence-corrected chi connectivity index (χ0v) is 13.0. The number of fused-ring (bicyclic) bond motifs is 1. The molecule has 6 nitrogen and oxygen atoms in total. The number of aromatic nitrogens is 4. The van der Waals surface area contributed by atoms with Gasteiger partial charge in [-0.3, -0.25) is 9.58 Å². The van der Waals surface area contributed by atoms with Gasteiger partial charge in [0, 0.05) is 39.5 Å². The van der Waals surface area contributed by atoms with Crippen molar-refractivity contribution >= 4 is 0 Å². The van der Waals surface area contributed by atoms with Crippen LogP contribution in [0.5, 0.6) is 0 Å². The molecule has 6 heteroatoms. The lowest BCUT2D eigenvalue weighted by atomic mass is 10.2. The molecule has 21 heavy (non-hydrogen) atoms. The Morgan fingerprint density at radius 2 is 2.29 bits per heavy atom. The van der Waals surface area contributed by atoms with Crippen molar-refractivity contribution in [1.29, 1.82) is 0 Å². The summed E-state index contributed by atoms with van der Waals surface area (Å²) < 4.78 is 9.85. The zero-order valence-electron chi connectivity index (χ0n) is 13.0. The van der Waals surface area contributed by atoms with Crippen LogP contribution in [0.1, 0.15) is 30.0 Å². The van der Waals surface area contributed by atoms with E-state index in [-0.39, 0.29) is 0 Å². The first-order valence-corrected chi connectivity index (χ1v) is 7.47. The summed E-state index contributed by atoms with van der Waals surface area (Å²) in [6.45, 7) is 8.37. The molecular weight excluding hydrogens is 266 g/mol. The maximum atomic E-state index is 5.63. The highest BCUT2D eigenvalue weighted by Crippen LogP contribution is 2.22. The zero-order chi connectivity index (χ0) is 14.8. The number of aryl methyl sites for hydroxylation is 2. The Morgan fingerprint density at radius 3 is 3.00 bits per heavy atom. The summed E-state index contributed by atoms with van der Waals surface area (Å²) in [5.41, 5.74) is 3.57. The van der Waals surface area contributed by atoms with E-state index in [9.17, 15) is 0 Å². The molecule has 3 rings (SSSR count). The maximum Gasteiger partial charge on any atom is 0.0952 e. The molecule has 0 fully saturated rings. The van der Waals surface area contributed by atoms with Crippen LogP contribution >= 0.6 is 0 Å². The molecule has 2 aromatic rings. The van der Waals surface area contributed by atoms with Crippen molar-refractivity contribution in [3.8, 4) is 0 Å². The Hall–Kier alpha value is -1.66. The molecule has 0 aromatic carbocycles. The van der Waals surface area contributed by atoms with Crippen LogP contribution in [0.2, 0.25) is 0 Å². The van der Waals surface area contributed by atoms with Crippen molar-refractivity contribution in [2.45, 2.75) is 33.0 Å². The summed E-state index contributed by atoms with van der Waals surface area (Å²) in [6, 6.07) is 2.49. The molecule has 1 atom stereocenters. The van der Waals surface area contributed by atoms with E-state index in [2.05, 4.69) is 25.6 Å². The van der Waals surface area contributed by atoms with Gasteiger partial charge < -0.3 is 9.30 Å². The van der Waals surface area contributed by atoms with Gasteiger partial charge in [0.2, 0.25) is 0 Å².